The number of carbonyl (C=O) groups is 1. The van der Waals surface area contributed by atoms with Gasteiger partial charge in [0.15, 0.2) is 0 Å². The molecule has 1 aromatic carbocycles. The first-order chi connectivity index (χ1) is 8.27. The van der Waals surface area contributed by atoms with Crippen molar-refractivity contribution in [1.29, 1.82) is 0 Å². The molecule has 1 aromatic rings. The number of benzene rings is 1. The molecule has 1 fully saturated rings. The molecule has 1 heterocycles. The van der Waals surface area contributed by atoms with E-state index in [1.165, 1.54) is 0 Å². The van der Waals surface area contributed by atoms with Crippen molar-refractivity contribution in [1.82, 2.24) is 5.32 Å². The molecular formula is C14H19NO2. The van der Waals surface area contributed by atoms with E-state index in [1.54, 1.807) is 0 Å². The zero-order valence-corrected chi connectivity index (χ0v) is 10.2. The minimum atomic E-state index is 0.104. The molecule has 92 valence electrons. The number of ether oxygens (including phenoxy) is 1. The second-order valence-electron chi connectivity index (χ2n) is 4.65. The van der Waals surface area contributed by atoms with E-state index in [0.717, 1.165) is 12.0 Å². The van der Waals surface area contributed by atoms with E-state index in [0.29, 0.717) is 25.7 Å². The van der Waals surface area contributed by atoms with Gasteiger partial charge in [0.25, 0.3) is 0 Å². The van der Waals surface area contributed by atoms with E-state index < -0.39 is 0 Å². The van der Waals surface area contributed by atoms with Gasteiger partial charge in [-0.2, -0.15) is 0 Å². The largest absolute Gasteiger partial charge is 0.381 e. The summed E-state index contributed by atoms with van der Waals surface area (Å²) in [6.07, 6.45) is 0.835. The van der Waals surface area contributed by atoms with Crippen molar-refractivity contribution in [2.45, 2.75) is 19.9 Å². The Morgan fingerprint density at radius 1 is 1.41 bits per heavy atom. The fourth-order valence-electron chi connectivity index (χ4n) is 2.19. The summed E-state index contributed by atoms with van der Waals surface area (Å²) in [4.78, 5) is 12.0. The van der Waals surface area contributed by atoms with Crippen molar-refractivity contribution in [2.24, 2.45) is 11.8 Å². The van der Waals surface area contributed by atoms with Crippen molar-refractivity contribution in [3.8, 4) is 0 Å². The number of carbonyl (C=O) groups excluding carboxylic acids is 1. The molecule has 1 amide bonds. The average molecular weight is 233 g/mol. The van der Waals surface area contributed by atoms with E-state index in [4.69, 9.17) is 4.74 Å². The number of amides is 1. The Bertz CT molecular complexity index is 364. The van der Waals surface area contributed by atoms with Crippen LogP contribution in [0.4, 0.5) is 0 Å². The third kappa shape index (κ3) is 3.30. The van der Waals surface area contributed by atoms with Crippen LogP contribution in [0.3, 0.4) is 0 Å². The van der Waals surface area contributed by atoms with Gasteiger partial charge in [-0.25, -0.2) is 0 Å². The van der Waals surface area contributed by atoms with Crippen molar-refractivity contribution < 1.29 is 9.53 Å². The van der Waals surface area contributed by atoms with Crippen molar-refractivity contribution >= 4 is 5.91 Å². The second kappa shape index (κ2) is 5.82. The first kappa shape index (κ1) is 12.1. The van der Waals surface area contributed by atoms with Gasteiger partial charge >= 0.3 is 0 Å². The molecule has 0 aromatic heterocycles. The first-order valence-electron chi connectivity index (χ1n) is 6.17. The molecule has 2 rings (SSSR count). The molecule has 1 aliphatic heterocycles. The SMILES string of the molecule is CC1COCCC1C(=O)NCc1ccccc1. The van der Waals surface area contributed by atoms with Gasteiger partial charge in [-0.05, 0) is 17.9 Å². The molecule has 1 N–H and O–H groups in total. The summed E-state index contributed by atoms with van der Waals surface area (Å²) in [6, 6.07) is 9.99. The molecule has 3 heteroatoms. The van der Waals surface area contributed by atoms with Crippen LogP contribution in [-0.4, -0.2) is 19.1 Å². The quantitative estimate of drug-likeness (QED) is 0.867. The molecule has 2 unspecified atom stereocenters. The Morgan fingerprint density at radius 3 is 2.88 bits per heavy atom. The number of hydrogen-bond acceptors (Lipinski definition) is 2. The first-order valence-corrected chi connectivity index (χ1v) is 6.17. The monoisotopic (exact) mass is 233 g/mol. The highest BCUT2D eigenvalue weighted by atomic mass is 16.5. The highest BCUT2D eigenvalue weighted by molar-refractivity contribution is 5.79. The summed E-state index contributed by atoms with van der Waals surface area (Å²) in [7, 11) is 0. The predicted molar refractivity (Wildman–Crippen MR) is 66.4 cm³/mol. The topological polar surface area (TPSA) is 38.3 Å². The third-order valence-electron chi connectivity index (χ3n) is 3.29. The lowest BCUT2D eigenvalue weighted by Gasteiger charge is -2.27. The van der Waals surface area contributed by atoms with Crippen LogP contribution in [0.2, 0.25) is 0 Å². The van der Waals surface area contributed by atoms with Crippen LogP contribution in [0.5, 0.6) is 0 Å². The predicted octanol–water partition coefficient (Wildman–Crippen LogP) is 1.98. The Balaban J connectivity index is 1.84. The molecule has 0 saturated carbocycles. The zero-order valence-electron chi connectivity index (χ0n) is 10.2. The standard InChI is InChI=1S/C14H19NO2/c1-11-10-17-8-7-13(11)14(16)15-9-12-5-3-2-4-6-12/h2-6,11,13H,7-10H2,1H3,(H,15,16). The molecule has 0 radical (unpaired) electrons. The Hall–Kier alpha value is -1.35. The van der Waals surface area contributed by atoms with Gasteiger partial charge in [0.2, 0.25) is 5.91 Å². The molecule has 17 heavy (non-hydrogen) atoms. The Morgan fingerprint density at radius 2 is 2.18 bits per heavy atom. The summed E-state index contributed by atoms with van der Waals surface area (Å²) < 4.78 is 5.34. The van der Waals surface area contributed by atoms with Gasteiger partial charge in [-0.1, -0.05) is 37.3 Å². The molecule has 0 aliphatic carbocycles. The van der Waals surface area contributed by atoms with Crippen LogP contribution in [-0.2, 0) is 16.1 Å². The van der Waals surface area contributed by atoms with Crippen LogP contribution in [0.1, 0.15) is 18.9 Å². The lowest BCUT2D eigenvalue weighted by molar-refractivity contribution is -0.130. The molecule has 0 spiro atoms. The van der Waals surface area contributed by atoms with Crippen molar-refractivity contribution in [3.05, 3.63) is 35.9 Å². The van der Waals surface area contributed by atoms with E-state index in [2.05, 4.69) is 12.2 Å². The maximum atomic E-state index is 12.0. The summed E-state index contributed by atoms with van der Waals surface area (Å²) in [6.45, 7) is 4.09. The normalized spacial score (nSPS) is 24.3. The van der Waals surface area contributed by atoms with Gasteiger partial charge in [-0.15, -0.1) is 0 Å². The molecule has 1 saturated heterocycles. The maximum Gasteiger partial charge on any atom is 0.223 e. The van der Waals surface area contributed by atoms with Crippen molar-refractivity contribution in [2.75, 3.05) is 13.2 Å². The summed E-state index contributed by atoms with van der Waals surface area (Å²) >= 11 is 0. The minimum absolute atomic E-state index is 0.104. The molecule has 2 atom stereocenters. The average Bonchev–Trinajstić information content (AvgIpc) is 2.38. The molecular weight excluding hydrogens is 214 g/mol. The number of nitrogens with one attached hydrogen (secondary N) is 1. The van der Waals surface area contributed by atoms with Crippen LogP contribution in [0, 0.1) is 11.8 Å². The van der Waals surface area contributed by atoms with Crippen LogP contribution < -0.4 is 5.32 Å². The smallest absolute Gasteiger partial charge is 0.223 e. The fourth-order valence-corrected chi connectivity index (χ4v) is 2.19. The van der Waals surface area contributed by atoms with E-state index in [1.807, 2.05) is 30.3 Å². The van der Waals surface area contributed by atoms with Crippen LogP contribution in [0.15, 0.2) is 30.3 Å². The Labute approximate surface area is 102 Å². The van der Waals surface area contributed by atoms with E-state index in [9.17, 15) is 4.79 Å². The van der Waals surface area contributed by atoms with Crippen LogP contribution in [0.25, 0.3) is 0 Å². The fraction of sp³-hybridized carbons (Fsp3) is 0.500. The molecule has 1 aliphatic rings. The maximum absolute atomic E-state index is 12.0. The molecule has 3 nitrogen and oxygen atoms in total. The highest BCUT2D eigenvalue weighted by Gasteiger charge is 2.27. The van der Waals surface area contributed by atoms with Gasteiger partial charge in [-0.3, -0.25) is 4.79 Å². The van der Waals surface area contributed by atoms with E-state index >= 15 is 0 Å². The minimum Gasteiger partial charge on any atom is -0.381 e. The Kier molecular flexibility index (Phi) is 4.15. The lowest BCUT2D eigenvalue weighted by Crippen LogP contribution is -2.38. The third-order valence-corrected chi connectivity index (χ3v) is 3.29. The second-order valence-corrected chi connectivity index (χ2v) is 4.65. The highest BCUT2D eigenvalue weighted by Crippen LogP contribution is 2.21. The summed E-state index contributed by atoms with van der Waals surface area (Å²) in [5.41, 5.74) is 1.14. The van der Waals surface area contributed by atoms with Crippen molar-refractivity contribution in [3.63, 3.8) is 0 Å². The van der Waals surface area contributed by atoms with Gasteiger partial charge < -0.3 is 10.1 Å². The summed E-state index contributed by atoms with van der Waals surface area (Å²) in [5, 5.41) is 3.00. The molecule has 0 bridgehead atoms. The lowest BCUT2D eigenvalue weighted by atomic mass is 9.89. The van der Waals surface area contributed by atoms with Gasteiger partial charge in [0, 0.05) is 25.7 Å². The number of hydrogen-bond donors (Lipinski definition) is 1. The zero-order chi connectivity index (χ0) is 12.1. The van der Waals surface area contributed by atoms with Crippen LogP contribution >= 0.6 is 0 Å². The van der Waals surface area contributed by atoms with Gasteiger partial charge in [0.1, 0.15) is 0 Å². The van der Waals surface area contributed by atoms with E-state index in [-0.39, 0.29) is 11.8 Å². The summed E-state index contributed by atoms with van der Waals surface area (Å²) in [5.74, 6) is 0.580. The van der Waals surface area contributed by atoms with Gasteiger partial charge in [0.05, 0.1) is 0 Å². The number of rotatable bonds is 3.